The summed E-state index contributed by atoms with van der Waals surface area (Å²) in [4.78, 5) is 17.3. The quantitative estimate of drug-likeness (QED) is 0.519. The highest BCUT2D eigenvalue weighted by Crippen LogP contribution is 2.36. The highest BCUT2D eigenvalue weighted by Gasteiger charge is 2.32. The van der Waals surface area contributed by atoms with Gasteiger partial charge in [0, 0.05) is 24.0 Å². The first-order valence-electron chi connectivity index (χ1n) is 8.76. The molecule has 0 bridgehead atoms. The van der Waals surface area contributed by atoms with Crippen LogP contribution in [-0.4, -0.2) is 16.8 Å². The van der Waals surface area contributed by atoms with Crippen molar-refractivity contribution in [2.45, 2.75) is 6.92 Å². The fourth-order valence-corrected chi connectivity index (χ4v) is 4.42. The molecule has 2 aromatic rings. The Labute approximate surface area is 168 Å². The van der Waals surface area contributed by atoms with Gasteiger partial charge in [-0.1, -0.05) is 66.5 Å². The van der Waals surface area contributed by atoms with Crippen LogP contribution in [0.4, 0.5) is 11.4 Å². The molecule has 0 atom stereocenters. The maximum absolute atomic E-state index is 12.8. The average Bonchev–Trinajstić information content (AvgIpc) is 3.00. The minimum absolute atomic E-state index is 0.0729. The summed E-state index contributed by atoms with van der Waals surface area (Å²) in [6.45, 7) is 3.04. The summed E-state index contributed by atoms with van der Waals surface area (Å²) in [7, 11) is 0. The van der Waals surface area contributed by atoms with E-state index in [9.17, 15) is 4.79 Å². The second kappa shape index (κ2) is 7.55. The Bertz CT molecular complexity index is 992. The lowest BCUT2D eigenvalue weighted by molar-refractivity contribution is -0.113. The van der Waals surface area contributed by atoms with Crippen molar-refractivity contribution < 1.29 is 4.79 Å². The average molecular weight is 391 g/mol. The van der Waals surface area contributed by atoms with Gasteiger partial charge in [-0.25, -0.2) is 0 Å². The number of thioether (sulfide) groups is 1. The van der Waals surface area contributed by atoms with Gasteiger partial charge < -0.3 is 4.90 Å². The predicted molar refractivity (Wildman–Crippen MR) is 119 cm³/mol. The smallest absolute Gasteiger partial charge is 0.270 e. The summed E-state index contributed by atoms with van der Waals surface area (Å²) >= 11 is 6.77. The maximum Gasteiger partial charge on any atom is 0.270 e. The van der Waals surface area contributed by atoms with Crippen LogP contribution in [0.5, 0.6) is 0 Å². The van der Waals surface area contributed by atoms with E-state index in [0.29, 0.717) is 9.23 Å². The van der Waals surface area contributed by atoms with Crippen LogP contribution >= 0.6 is 24.0 Å². The number of thiocarbonyl (C=S) groups is 1. The molecule has 0 saturated carbocycles. The lowest BCUT2D eigenvalue weighted by Gasteiger charge is -2.26. The molecule has 0 spiro atoms. The van der Waals surface area contributed by atoms with E-state index in [1.54, 1.807) is 4.90 Å². The molecule has 1 amide bonds. The molecular formula is C22H18N2OS2. The van der Waals surface area contributed by atoms with E-state index in [-0.39, 0.29) is 5.91 Å². The van der Waals surface area contributed by atoms with Crippen molar-refractivity contribution >= 4 is 51.2 Å². The number of anilines is 2. The van der Waals surface area contributed by atoms with Gasteiger partial charge in [-0.05, 0) is 42.8 Å². The Morgan fingerprint density at radius 2 is 1.78 bits per heavy atom. The Morgan fingerprint density at radius 3 is 2.56 bits per heavy atom. The molecule has 2 aromatic carbocycles. The largest absolute Gasteiger partial charge is 0.348 e. The van der Waals surface area contributed by atoms with E-state index in [4.69, 9.17) is 12.2 Å². The first-order valence-corrected chi connectivity index (χ1v) is 9.99. The topological polar surface area (TPSA) is 23.6 Å². The van der Waals surface area contributed by atoms with Gasteiger partial charge >= 0.3 is 0 Å². The van der Waals surface area contributed by atoms with Crippen molar-refractivity contribution in [1.29, 1.82) is 0 Å². The minimum atomic E-state index is -0.0729. The lowest BCUT2D eigenvalue weighted by atomic mass is 9.99. The van der Waals surface area contributed by atoms with Crippen LogP contribution in [-0.2, 0) is 4.79 Å². The fourth-order valence-electron chi connectivity index (χ4n) is 3.18. The number of hydrogen-bond donors (Lipinski definition) is 0. The lowest BCUT2D eigenvalue weighted by Crippen LogP contribution is -2.27. The van der Waals surface area contributed by atoms with E-state index in [1.807, 2.05) is 54.6 Å². The van der Waals surface area contributed by atoms with Crippen molar-refractivity contribution in [3.8, 4) is 0 Å². The molecule has 0 unspecified atom stereocenters. The van der Waals surface area contributed by atoms with Gasteiger partial charge in [0.05, 0.1) is 10.6 Å². The van der Waals surface area contributed by atoms with Gasteiger partial charge in [-0.15, -0.1) is 0 Å². The summed E-state index contributed by atoms with van der Waals surface area (Å²) in [5, 5.41) is 0. The van der Waals surface area contributed by atoms with Gasteiger partial charge in [0.1, 0.15) is 0 Å². The molecule has 27 heavy (non-hydrogen) atoms. The molecule has 0 radical (unpaired) electrons. The number of benzene rings is 2. The molecule has 134 valence electrons. The standard InChI is InChI=1S/C22H18N2OS2/c1-2-23-15-14-16(18-10-6-7-11-19(18)23)12-13-20-21(25)24(22(26)27-20)17-8-4-3-5-9-17/h3-15H,2H2,1H3/b16-12?,20-13-. The summed E-state index contributed by atoms with van der Waals surface area (Å²) in [5.41, 5.74) is 4.23. The zero-order valence-corrected chi connectivity index (χ0v) is 16.5. The van der Waals surface area contributed by atoms with Crippen LogP contribution in [0.2, 0.25) is 0 Å². The summed E-state index contributed by atoms with van der Waals surface area (Å²) < 4.78 is 0.563. The second-order valence-electron chi connectivity index (χ2n) is 6.12. The zero-order chi connectivity index (χ0) is 18.8. The Morgan fingerprint density at radius 1 is 1.04 bits per heavy atom. The van der Waals surface area contributed by atoms with E-state index in [0.717, 1.165) is 23.4 Å². The molecule has 1 saturated heterocycles. The first kappa shape index (κ1) is 17.8. The number of carbonyl (C=O) groups is 1. The number of carbonyl (C=O) groups excluding carboxylic acids is 1. The van der Waals surface area contributed by atoms with Crippen LogP contribution in [0, 0.1) is 0 Å². The van der Waals surface area contributed by atoms with Crippen LogP contribution < -0.4 is 9.80 Å². The van der Waals surface area contributed by atoms with Gasteiger partial charge in [0.15, 0.2) is 4.32 Å². The van der Waals surface area contributed by atoms with E-state index < -0.39 is 0 Å². The van der Waals surface area contributed by atoms with Gasteiger partial charge in [0.25, 0.3) is 5.91 Å². The molecule has 3 nitrogen and oxygen atoms in total. The summed E-state index contributed by atoms with van der Waals surface area (Å²) in [6, 6.07) is 17.8. The summed E-state index contributed by atoms with van der Waals surface area (Å²) in [6.07, 6.45) is 8.04. The molecule has 5 heteroatoms. The second-order valence-corrected chi connectivity index (χ2v) is 7.79. The Kier molecular flexibility index (Phi) is 4.97. The molecular weight excluding hydrogens is 372 g/mol. The number of fused-ring (bicyclic) bond motifs is 1. The third-order valence-corrected chi connectivity index (χ3v) is 5.84. The molecule has 4 rings (SSSR count). The van der Waals surface area contributed by atoms with Gasteiger partial charge in [-0.3, -0.25) is 9.69 Å². The molecule has 1 fully saturated rings. The number of nitrogens with zero attached hydrogens (tertiary/aromatic N) is 2. The normalized spacial score (nSPS) is 19.3. The molecule has 0 aliphatic carbocycles. The fraction of sp³-hybridized carbons (Fsp3) is 0.0909. The monoisotopic (exact) mass is 390 g/mol. The minimum Gasteiger partial charge on any atom is -0.348 e. The highest BCUT2D eigenvalue weighted by atomic mass is 32.2. The summed E-state index contributed by atoms with van der Waals surface area (Å²) in [5.74, 6) is -0.0729. The number of hydrogen-bond acceptors (Lipinski definition) is 4. The van der Waals surface area contributed by atoms with E-state index in [2.05, 4.69) is 36.2 Å². The van der Waals surface area contributed by atoms with Crippen molar-refractivity contribution in [3.63, 3.8) is 0 Å². The van der Waals surface area contributed by atoms with Gasteiger partial charge in [-0.2, -0.15) is 0 Å². The Balaban J connectivity index is 1.65. The number of rotatable bonds is 3. The Hall–Kier alpha value is -2.63. The third kappa shape index (κ3) is 3.36. The van der Waals surface area contributed by atoms with Crippen molar-refractivity contribution in [1.82, 2.24) is 0 Å². The van der Waals surface area contributed by atoms with E-state index in [1.165, 1.54) is 17.4 Å². The van der Waals surface area contributed by atoms with Crippen molar-refractivity contribution in [2.24, 2.45) is 0 Å². The zero-order valence-electron chi connectivity index (χ0n) is 14.8. The van der Waals surface area contributed by atoms with Gasteiger partial charge in [0.2, 0.25) is 0 Å². The SMILES string of the molecule is CCN1C=CC(=C/C=C2\SC(=S)N(c3ccccc3)C2=O)c2ccccc21. The van der Waals surface area contributed by atoms with Crippen LogP contribution in [0.15, 0.2) is 83.9 Å². The maximum atomic E-state index is 12.8. The molecule has 0 aromatic heterocycles. The molecule has 2 aliphatic heterocycles. The highest BCUT2D eigenvalue weighted by molar-refractivity contribution is 8.27. The number of para-hydroxylation sites is 2. The molecule has 2 aliphatic rings. The first-order chi connectivity index (χ1) is 13.2. The van der Waals surface area contributed by atoms with Crippen LogP contribution in [0.3, 0.4) is 0 Å². The number of amides is 1. The number of allylic oxidation sites excluding steroid dienone is 4. The van der Waals surface area contributed by atoms with Crippen LogP contribution in [0.1, 0.15) is 12.5 Å². The van der Waals surface area contributed by atoms with E-state index >= 15 is 0 Å². The molecule has 2 heterocycles. The molecule has 0 N–H and O–H groups in total. The van der Waals surface area contributed by atoms with Crippen molar-refractivity contribution in [2.75, 3.05) is 16.3 Å². The third-order valence-electron chi connectivity index (χ3n) is 4.52. The predicted octanol–water partition coefficient (Wildman–Crippen LogP) is 5.37. The van der Waals surface area contributed by atoms with Crippen LogP contribution in [0.25, 0.3) is 5.57 Å². The van der Waals surface area contributed by atoms with Crippen molar-refractivity contribution in [3.05, 3.63) is 89.5 Å².